The van der Waals surface area contributed by atoms with Crippen molar-refractivity contribution in [2.75, 3.05) is 0 Å². The Morgan fingerprint density at radius 1 is 1.25 bits per heavy atom. The molecule has 0 spiro atoms. The average Bonchev–Trinajstić information content (AvgIpc) is 2.27. The van der Waals surface area contributed by atoms with Gasteiger partial charge in [-0.15, -0.1) is 0 Å². The zero-order valence-corrected chi connectivity index (χ0v) is 8.73. The van der Waals surface area contributed by atoms with Crippen molar-refractivity contribution in [1.29, 1.82) is 0 Å². The van der Waals surface area contributed by atoms with E-state index in [1.165, 1.54) is 0 Å². The minimum Gasteiger partial charge on any atom is -0.372 e. The fourth-order valence-corrected chi connectivity index (χ4v) is 1.74. The minimum atomic E-state index is -1.23. The van der Waals surface area contributed by atoms with E-state index in [-0.39, 0.29) is 0 Å². The van der Waals surface area contributed by atoms with Gasteiger partial charge in [0.05, 0.1) is 0 Å². The van der Waals surface area contributed by atoms with Gasteiger partial charge in [0.25, 0.3) is 0 Å². The van der Waals surface area contributed by atoms with Gasteiger partial charge in [0, 0.05) is 0 Å². The molecule has 3 amide bonds. The maximum Gasteiger partial charge on any atom is 0.323 e. The van der Waals surface area contributed by atoms with Crippen molar-refractivity contribution >= 4 is 11.9 Å². The van der Waals surface area contributed by atoms with Gasteiger partial charge >= 0.3 is 6.03 Å². The SMILES string of the molecule is CC1(c2ccccc2)C(=O)NC(=O)NC1O. The van der Waals surface area contributed by atoms with Crippen LogP contribution in [0.1, 0.15) is 12.5 Å². The van der Waals surface area contributed by atoms with Gasteiger partial charge in [-0.05, 0) is 12.5 Å². The molecule has 2 unspecified atom stereocenters. The van der Waals surface area contributed by atoms with E-state index in [2.05, 4.69) is 10.6 Å². The summed E-state index contributed by atoms with van der Waals surface area (Å²) < 4.78 is 0. The molecule has 0 aliphatic carbocycles. The molecule has 1 aliphatic heterocycles. The first-order chi connectivity index (χ1) is 7.55. The third-order valence-electron chi connectivity index (χ3n) is 2.89. The highest BCUT2D eigenvalue weighted by molar-refractivity contribution is 6.03. The monoisotopic (exact) mass is 220 g/mol. The Balaban J connectivity index is 2.44. The maximum absolute atomic E-state index is 11.8. The number of benzene rings is 1. The number of hydrogen-bond donors (Lipinski definition) is 3. The van der Waals surface area contributed by atoms with E-state index in [1.807, 2.05) is 6.07 Å². The van der Waals surface area contributed by atoms with Crippen molar-refractivity contribution in [3.8, 4) is 0 Å². The number of imide groups is 1. The lowest BCUT2D eigenvalue weighted by Crippen LogP contribution is -2.65. The molecule has 1 fully saturated rings. The smallest absolute Gasteiger partial charge is 0.323 e. The van der Waals surface area contributed by atoms with Crippen molar-refractivity contribution in [2.45, 2.75) is 18.6 Å². The molecule has 1 heterocycles. The van der Waals surface area contributed by atoms with Gasteiger partial charge < -0.3 is 10.4 Å². The van der Waals surface area contributed by atoms with Gasteiger partial charge in [-0.1, -0.05) is 30.3 Å². The molecule has 1 aromatic rings. The molecule has 0 aromatic heterocycles. The molecule has 84 valence electrons. The zero-order chi connectivity index (χ0) is 11.8. The van der Waals surface area contributed by atoms with Crippen LogP contribution in [0.25, 0.3) is 0 Å². The highest BCUT2D eigenvalue weighted by atomic mass is 16.3. The molecule has 0 radical (unpaired) electrons. The summed E-state index contributed by atoms with van der Waals surface area (Å²) >= 11 is 0. The Morgan fingerprint density at radius 2 is 1.88 bits per heavy atom. The molecule has 1 aromatic carbocycles. The highest BCUT2D eigenvalue weighted by Gasteiger charge is 2.47. The van der Waals surface area contributed by atoms with E-state index in [0.29, 0.717) is 5.56 Å². The predicted octanol–water partition coefficient (Wildman–Crippen LogP) is 0.102. The maximum atomic E-state index is 11.8. The second-order valence-electron chi connectivity index (χ2n) is 3.90. The van der Waals surface area contributed by atoms with Crippen molar-refractivity contribution in [3.63, 3.8) is 0 Å². The Kier molecular flexibility index (Phi) is 2.40. The number of aliphatic hydroxyl groups excluding tert-OH is 1. The number of nitrogens with one attached hydrogen (secondary N) is 2. The number of rotatable bonds is 1. The number of aliphatic hydroxyl groups is 1. The van der Waals surface area contributed by atoms with E-state index in [4.69, 9.17) is 0 Å². The largest absolute Gasteiger partial charge is 0.372 e. The lowest BCUT2D eigenvalue weighted by atomic mass is 9.78. The first-order valence-electron chi connectivity index (χ1n) is 4.90. The first kappa shape index (κ1) is 10.6. The fraction of sp³-hybridized carbons (Fsp3) is 0.273. The van der Waals surface area contributed by atoms with Gasteiger partial charge in [0.1, 0.15) is 11.6 Å². The van der Waals surface area contributed by atoms with E-state index in [0.717, 1.165) is 0 Å². The van der Waals surface area contributed by atoms with Crippen LogP contribution in [0.2, 0.25) is 0 Å². The second kappa shape index (κ2) is 3.61. The number of carbonyl (C=O) groups is 2. The molecule has 2 rings (SSSR count). The lowest BCUT2D eigenvalue weighted by molar-refractivity contribution is -0.131. The summed E-state index contributed by atoms with van der Waals surface area (Å²) in [5.41, 5.74) is -0.505. The van der Waals surface area contributed by atoms with E-state index >= 15 is 0 Å². The van der Waals surface area contributed by atoms with Crippen molar-refractivity contribution in [1.82, 2.24) is 10.6 Å². The Bertz CT molecular complexity index is 432. The molecule has 5 heteroatoms. The summed E-state index contributed by atoms with van der Waals surface area (Å²) in [7, 11) is 0. The van der Waals surface area contributed by atoms with E-state index in [9.17, 15) is 14.7 Å². The summed E-state index contributed by atoms with van der Waals surface area (Å²) in [6, 6.07) is 8.17. The van der Waals surface area contributed by atoms with Gasteiger partial charge in [-0.25, -0.2) is 4.79 Å². The summed E-state index contributed by atoms with van der Waals surface area (Å²) in [6.45, 7) is 1.59. The fourth-order valence-electron chi connectivity index (χ4n) is 1.74. The molecule has 1 saturated heterocycles. The molecule has 5 nitrogen and oxygen atoms in total. The molecular formula is C11H12N2O3. The third-order valence-corrected chi connectivity index (χ3v) is 2.89. The van der Waals surface area contributed by atoms with Crippen LogP contribution in [0.3, 0.4) is 0 Å². The normalized spacial score (nSPS) is 29.5. The molecule has 3 N–H and O–H groups in total. The van der Waals surface area contributed by atoms with Crippen molar-refractivity contribution in [3.05, 3.63) is 35.9 Å². The minimum absolute atomic E-state index is 0.505. The van der Waals surface area contributed by atoms with Crippen molar-refractivity contribution < 1.29 is 14.7 Å². The molecular weight excluding hydrogens is 208 g/mol. The zero-order valence-electron chi connectivity index (χ0n) is 8.73. The van der Waals surface area contributed by atoms with E-state index in [1.54, 1.807) is 31.2 Å². The Morgan fingerprint density at radius 3 is 2.44 bits per heavy atom. The molecule has 0 saturated carbocycles. The van der Waals surface area contributed by atoms with Crippen LogP contribution in [0.5, 0.6) is 0 Å². The summed E-state index contributed by atoms with van der Waals surface area (Å²) in [5.74, 6) is -0.505. The quantitative estimate of drug-likeness (QED) is 0.628. The van der Waals surface area contributed by atoms with Crippen LogP contribution in [-0.2, 0) is 10.2 Å². The van der Waals surface area contributed by atoms with Crippen molar-refractivity contribution in [2.24, 2.45) is 0 Å². The van der Waals surface area contributed by atoms with Crippen LogP contribution in [0.4, 0.5) is 4.79 Å². The van der Waals surface area contributed by atoms with Gasteiger partial charge in [-0.3, -0.25) is 10.1 Å². The number of amides is 3. The predicted molar refractivity (Wildman–Crippen MR) is 56.5 cm³/mol. The van der Waals surface area contributed by atoms with Gasteiger partial charge in [0.15, 0.2) is 0 Å². The lowest BCUT2D eigenvalue weighted by Gasteiger charge is -2.37. The number of hydrogen-bond acceptors (Lipinski definition) is 3. The topological polar surface area (TPSA) is 78.4 Å². The molecule has 0 bridgehead atoms. The number of urea groups is 1. The molecule has 16 heavy (non-hydrogen) atoms. The van der Waals surface area contributed by atoms with E-state index < -0.39 is 23.6 Å². The number of carbonyl (C=O) groups excluding carboxylic acids is 2. The van der Waals surface area contributed by atoms with Gasteiger partial charge in [0.2, 0.25) is 5.91 Å². The first-order valence-corrected chi connectivity index (χ1v) is 4.90. The van der Waals surface area contributed by atoms with Crippen LogP contribution in [0.15, 0.2) is 30.3 Å². The standard InChI is InChI=1S/C11H12N2O3/c1-11(7-5-3-2-4-6-7)8(14)12-10(16)13-9(11)15/h2-6,8,14H,1H3,(H2,12,13,15,16). The Hall–Kier alpha value is -1.88. The summed E-state index contributed by atoms with van der Waals surface area (Å²) in [6.07, 6.45) is -1.23. The Labute approximate surface area is 92.5 Å². The van der Waals surface area contributed by atoms with Crippen LogP contribution in [-0.4, -0.2) is 23.3 Å². The van der Waals surface area contributed by atoms with Crippen LogP contribution in [0, 0.1) is 0 Å². The van der Waals surface area contributed by atoms with Crippen LogP contribution < -0.4 is 10.6 Å². The molecule has 1 aliphatic rings. The van der Waals surface area contributed by atoms with Gasteiger partial charge in [-0.2, -0.15) is 0 Å². The summed E-state index contributed by atoms with van der Waals surface area (Å²) in [4.78, 5) is 22.8. The average molecular weight is 220 g/mol. The molecule has 2 atom stereocenters. The third kappa shape index (κ3) is 1.45. The highest BCUT2D eigenvalue weighted by Crippen LogP contribution is 2.28. The van der Waals surface area contributed by atoms with Crippen LogP contribution >= 0.6 is 0 Å². The second-order valence-corrected chi connectivity index (χ2v) is 3.90. The summed E-state index contributed by atoms with van der Waals surface area (Å²) in [5, 5.41) is 14.3.